The number of hydrazone groups is 1. The summed E-state index contributed by atoms with van der Waals surface area (Å²) in [5, 5.41) is 6.07. The molecule has 0 heterocycles. The fourth-order valence-electron chi connectivity index (χ4n) is 1.98. The lowest BCUT2D eigenvalue weighted by atomic mass is 10.0. The lowest BCUT2D eigenvalue weighted by Crippen LogP contribution is -2.23. The second kappa shape index (κ2) is 7.40. The lowest BCUT2D eigenvalue weighted by Gasteiger charge is -2.08. The smallest absolute Gasteiger partial charge is 0.266 e. The molecule has 0 radical (unpaired) electrons. The minimum absolute atomic E-state index is 0.000508. The van der Waals surface area contributed by atoms with Crippen LogP contribution in [0.3, 0.4) is 0 Å². The molecule has 5 nitrogen and oxygen atoms in total. The van der Waals surface area contributed by atoms with Gasteiger partial charge >= 0.3 is 0 Å². The number of amides is 1. The van der Waals surface area contributed by atoms with Crippen LogP contribution in [0.15, 0.2) is 41.5 Å². The molecule has 0 aliphatic rings. The van der Waals surface area contributed by atoms with Crippen molar-refractivity contribution in [1.82, 2.24) is 5.43 Å². The van der Waals surface area contributed by atoms with Crippen molar-refractivity contribution in [2.45, 2.75) is 6.92 Å². The Bertz CT molecular complexity index is 653. The van der Waals surface area contributed by atoms with Crippen LogP contribution in [0, 0.1) is 0 Å². The lowest BCUT2D eigenvalue weighted by molar-refractivity contribution is -0.125. The first-order valence-electron chi connectivity index (χ1n) is 6.71. The predicted octanol–water partition coefficient (Wildman–Crippen LogP) is 2.33. The summed E-state index contributed by atoms with van der Waals surface area (Å²) in [6.07, 6.45) is 1.59. The van der Waals surface area contributed by atoms with Gasteiger partial charge in [0.05, 0.1) is 13.3 Å². The summed E-state index contributed by atoms with van der Waals surface area (Å²) in [5.41, 5.74) is 3.26. The Morgan fingerprint density at radius 1 is 1.29 bits per heavy atom. The molecule has 0 fully saturated rings. The molecule has 0 unspecified atom stereocenters. The summed E-state index contributed by atoms with van der Waals surface area (Å²) in [5.74, 6) is 0.420. The van der Waals surface area contributed by atoms with Crippen molar-refractivity contribution in [3.8, 4) is 5.75 Å². The van der Waals surface area contributed by atoms with Crippen molar-refractivity contribution in [2.75, 3.05) is 20.3 Å². The molecule has 1 N–H and O–H groups in total. The Balaban J connectivity index is 2.22. The van der Waals surface area contributed by atoms with E-state index >= 15 is 0 Å². The molecule has 0 saturated heterocycles. The Labute approximate surface area is 123 Å². The van der Waals surface area contributed by atoms with Crippen molar-refractivity contribution < 1.29 is 14.3 Å². The molecule has 0 spiro atoms. The van der Waals surface area contributed by atoms with Gasteiger partial charge in [0, 0.05) is 12.2 Å². The number of methoxy groups -OCH3 is 1. The summed E-state index contributed by atoms with van der Waals surface area (Å²) in [4.78, 5) is 11.4. The van der Waals surface area contributed by atoms with Crippen molar-refractivity contribution >= 4 is 22.9 Å². The van der Waals surface area contributed by atoms with Crippen LogP contribution in [-0.2, 0) is 9.53 Å². The average molecular weight is 286 g/mol. The summed E-state index contributed by atoms with van der Waals surface area (Å²) in [6, 6.07) is 11.8. The topological polar surface area (TPSA) is 59.9 Å². The number of nitrogens with one attached hydrogen (secondary N) is 1. The monoisotopic (exact) mass is 286 g/mol. The van der Waals surface area contributed by atoms with Crippen molar-refractivity contribution in [2.24, 2.45) is 5.10 Å². The second-order valence-corrected chi connectivity index (χ2v) is 4.33. The first-order chi connectivity index (χ1) is 10.3. The highest BCUT2D eigenvalue weighted by Crippen LogP contribution is 2.26. The third-order valence-corrected chi connectivity index (χ3v) is 2.97. The van der Waals surface area contributed by atoms with E-state index in [0.29, 0.717) is 12.4 Å². The largest absolute Gasteiger partial charge is 0.496 e. The third-order valence-electron chi connectivity index (χ3n) is 2.97. The van der Waals surface area contributed by atoms with E-state index in [2.05, 4.69) is 10.5 Å². The van der Waals surface area contributed by atoms with Gasteiger partial charge in [-0.2, -0.15) is 5.10 Å². The predicted molar refractivity (Wildman–Crippen MR) is 82.7 cm³/mol. The van der Waals surface area contributed by atoms with Gasteiger partial charge in [-0.25, -0.2) is 5.43 Å². The summed E-state index contributed by atoms with van der Waals surface area (Å²) in [6.45, 7) is 2.33. The molecule has 0 saturated carbocycles. The van der Waals surface area contributed by atoms with Gasteiger partial charge in [0.1, 0.15) is 12.4 Å². The molecule has 1 amide bonds. The molecule has 2 aromatic rings. The van der Waals surface area contributed by atoms with Crippen LogP contribution >= 0.6 is 0 Å². The van der Waals surface area contributed by atoms with Crippen molar-refractivity contribution in [3.05, 3.63) is 42.0 Å². The molecule has 21 heavy (non-hydrogen) atoms. The maximum Gasteiger partial charge on any atom is 0.266 e. The van der Waals surface area contributed by atoms with Crippen LogP contribution in [0.25, 0.3) is 10.8 Å². The van der Waals surface area contributed by atoms with E-state index in [0.717, 1.165) is 16.3 Å². The molecular weight excluding hydrogens is 268 g/mol. The molecular formula is C16H18N2O3. The molecule has 0 atom stereocenters. The zero-order valence-electron chi connectivity index (χ0n) is 12.1. The number of rotatable bonds is 6. The molecule has 5 heteroatoms. The van der Waals surface area contributed by atoms with Crippen LogP contribution in [0.5, 0.6) is 5.75 Å². The van der Waals surface area contributed by atoms with E-state index < -0.39 is 0 Å². The van der Waals surface area contributed by atoms with E-state index in [9.17, 15) is 4.79 Å². The van der Waals surface area contributed by atoms with Crippen LogP contribution < -0.4 is 10.2 Å². The van der Waals surface area contributed by atoms with E-state index in [1.54, 1.807) is 13.3 Å². The van der Waals surface area contributed by atoms with E-state index in [1.165, 1.54) is 0 Å². The molecule has 0 bridgehead atoms. The highest BCUT2D eigenvalue weighted by Gasteiger charge is 2.06. The minimum Gasteiger partial charge on any atom is -0.496 e. The first kappa shape index (κ1) is 15.0. The van der Waals surface area contributed by atoms with Crippen LogP contribution in [-0.4, -0.2) is 32.4 Å². The zero-order chi connectivity index (χ0) is 15.1. The number of hydrogen-bond acceptors (Lipinski definition) is 4. The van der Waals surface area contributed by atoms with Gasteiger partial charge < -0.3 is 9.47 Å². The normalized spacial score (nSPS) is 11.0. The Morgan fingerprint density at radius 2 is 2.10 bits per heavy atom. The Morgan fingerprint density at radius 3 is 2.86 bits per heavy atom. The molecule has 0 aromatic heterocycles. The molecule has 110 valence electrons. The Kier molecular flexibility index (Phi) is 5.29. The molecule has 2 aromatic carbocycles. The zero-order valence-corrected chi connectivity index (χ0v) is 12.1. The van der Waals surface area contributed by atoms with Crippen molar-refractivity contribution in [1.29, 1.82) is 0 Å². The quantitative estimate of drug-likeness (QED) is 0.655. The maximum atomic E-state index is 11.4. The Hall–Kier alpha value is -2.40. The van der Waals surface area contributed by atoms with E-state index in [1.807, 2.05) is 43.3 Å². The highest BCUT2D eigenvalue weighted by molar-refractivity contribution is 6.02. The SMILES string of the molecule is CCOCC(=O)N/N=C/c1c(OC)ccc2ccccc12. The fourth-order valence-corrected chi connectivity index (χ4v) is 1.98. The number of carbonyl (C=O) groups excluding carboxylic acids is 1. The van der Waals surface area contributed by atoms with Gasteiger partial charge in [0.15, 0.2) is 0 Å². The number of fused-ring (bicyclic) bond motifs is 1. The first-order valence-corrected chi connectivity index (χ1v) is 6.71. The van der Waals surface area contributed by atoms with Gasteiger partial charge in [-0.3, -0.25) is 4.79 Å². The number of ether oxygens (including phenoxy) is 2. The average Bonchev–Trinajstić information content (AvgIpc) is 2.53. The van der Waals surface area contributed by atoms with Gasteiger partial charge in [-0.15, -0.1) is 0 Å². The van der Waals surface area contributed by atoms with Gasteiger partial charge in [-0.05, 0) is 23.8 Å². The number of hydrogen-bond donors (Lipinski definition) is 1. The van der Waals surface area contributed by atoms with Crippen molar-refractivity contribution in [3.63, 3.8) is 0 Å². The van der Waals surface area contributed by atoms with Crippen LogP contribution in [0.4, 0.5) is 0 Å². The minimum atomic E-state index is -0.285. The number of nitrogens with zero attached hydrogens (tertiary/aromatic N) is 1. The van der Waals surface area contributed by atoms with Crippen LogP contribution in [0.1, 0.15) is 12.5 Å². The number of carbonyl (C=O) groups is 1. The van der Waals surface area contributed by atoms with Gasteiger partial charge in [0.25, 0.3) is 5.91 Å². The summed E-state index contributed by atoms with van der Waals surface area (Å²) < 4.78 is 10.3. The van der Waals surface area contributed by atoms with Gasteiger partial charge in [0.2, 0.25) is 0 Å². The van der Waals surface area contributed by atoms with E-state index in [-0.39, 0.29) is 12.5 Å². The fraction of sp³-hybridized carbons (Fsp3) is 0.250. The highest BCUT2D eigenvalue weighted by atomic mass is 16.5. The summed E-state index contributed by atoms with van der Waals surface area (Å²) in [7, 11) is 1.61. The van der Waals surface area contributed by atoms with E-state index in [4.69, 9.17) is 9.47 Å². The number of benzene rings is 2. The van der Waals surface area contributed by atoms with Crippen LogP contribution in [0.2, 0.25) is 0 Å². The molecule has 2 rings (SSSR count). The molecule has 0 aliphatic carbocycles. The molecule has 0 aliphatic heterocycles. The summed E-state index contributed by atoms with van der Waals surface area (Å²) >= 11 is 0. The standard InChI is InChI=1S/C16H18N2O3/c1-3-21-11-16(19)18-17-10-14-13-7-5-4-6-12(13)8-9-15(14)20-2/h4-10H,3,11H2,1-2H3,(H,18,19)/b17-10+. The maximum absolute atomic E-state index is 11.4. The third kappa shape index (κ3) is 3.79. The second-order valence-electron chi connectivity index (χ2n) is 4.33. The van der Waals surface area contributed by atoms with Gasteiger partial charge in [-0.1, -0.05) is 30.3 Å².